The lowest BCUT2D eigenvalue weighted by Crippen LogP contribution is -2.43. The van der Waals surface area contributed by atoms with E-state index in [0.29, 0.717) is 6.54 Å². The Hall–Kier alpha value is -0.910. The molecular formula is C14H24N2O2S. The van der Waals surface area contributed by atoms with E-state index in [1.165, 1.54) is 14.2 Å². The number of benzene rings is 1. The summed E-state index contributed by atoms with van der Waals surface area (Å²) in [4.78, 5) is 0. The van der Waals surface area contributed by atoms with E-state index < -0.39 is 10.2 Å². The highest BCUT2D eigenvalue weighted by molar-refractivity contribution is 7.86. The summed E-state index contributed by atoms with van der Waals surface area (Å²) in [5.41, 5.74) is 2.11. The van der Waals surface area contributed by atoms with Gasteiger partial charge in [-0.3, -0.25) is 0 Å². The van der Waals surface area contributed by atoms with Crippen molar-refractivity contribution >= 4 is 10.2 Å². The normalized spacial score (nSPS) is 13.3. The largest absolute Gasteiger partial charge is 0.281 e. The Labute approximate surface area is 117 Å². The molecule has 0 aromatic heterocycles. The third-order valence-electron chi connectivity index (χ3n) is 3.31. The molecule has 5 heteroatoms. The van der Waals surface area contributed by atoms with E-state index in [-0.39, 0.29) is 5.41 Å². The number of rotatable bonds is 5. The molecule has 0 spiro atoms. The second-order valence-electron chi connectivity index (χ2n) is 5.80. The zero-order valence-corrected chi connectivity index (χ0v) is 13.5. The molecule has 0 aliphatic rings. The van der Waals surface area contributed by atoms with Gasteiger partial charge in [-0.2, -0.15) is 17.0 Å². The lowest BCUT2D eigenvalue weighted by atomic mass is 9.84. The quantitative estimate of drug-likeness (QED) is 0.830. The van der Waals surface area contributed by atoms with Crippen LogP contribution in [-0.4, -0.2) is 44.7 Å². The molecule has 4 nitrogen and oxygen atoms in total. The van der Waals surface area contributed by atoms with Crippen LogP contribution >= 0.6 is 0 Å². The van der Waals surface area contributed by atoms with Gasteiger partial charge in [-0.05, 0) is 12.5 Å². The van der Waals surface area contributed by atoms with E-state index in [9.17, 15) is 8.42 Å². The second-order valence-corrected chi connectivity index (χ2v) is 8.05. The maximum Gasteiger partial charge on any atom is 0.281 e. The van der Waals surface area contributed by atoms with Gasteiger partial charge in [0, 0.05) is 33.1 Å². The molecule has 0 N–H and O–H groups in total. The van der Waals surface area contributed by atoms with Crippen LogP contribution in [0.15, 0.2) is 24.3 Å². The van der Waals surface area contributed by atoms with Crippen LogP contribution in [0.4, 0.5) is 0 Å². The Morgan fingerprint density at radius 2 is 1.53 bits per heavy atom. The maximum atomic E-state index is 12.0. The lowest BCUT2D eigenvalue weighted by Gasteiger charge is -2.31. The number of nitrogens with zero attached hydrogens (tertiary/aromatic N) is 2. The molecule has 0 saturated heterocycles. The average Bonchev–Trinajstić information content (AvgIpc) is 2.28. The average molecular weight is 284 g/mol. The summed E-state index contributed by atoms with van der Waals surface area (Å²) in [6, 6.07) is 8.23. The zero-order valence-electron chi connectivity index (χ0n) is 12.6. The molecule has 0 bridgehead atoms. The topological polar surface area (TPSA) is 40.6 Å². The van der Waals surface area contributed by atoms with Gasteiger partial charge in [-0.1, -0.05) is 43.7 Å². The van der Waals surface area contributed by atoms with E-state index >= 15 is 0 Å². The summed E-state index contributed by atoms with van der Waals surface area (Å²) in [6.45, 7) is 6.59. The zero-order chi connectivity index (χ0) is 14.8. The summed E-state index contributed by atoms with van der Waals surface area (Å²) in [5.74, 6) is 0. The van der Waals surface area contributed by atoms with Crippen LogP contribution < -0.4 is 0 Å². The second kappa shape index (κ2) is 5.61. The fraction of sp³-hybridized carbons (Fsp3) is 0.571. The first kappa shape index (κ1) is 16.1. The molecule has 1 aromatic carbocycles. The Morgan fingerprint density at radius 3 is 1.95 bits per heavy atom. The van der Waals surface area contributed by atoms with Gasteiger partial charge in [0.15, 0.2) is 0 Å². The van der Waals surface area contributed by atoms with Crippen LogP contribution in [0, 0.1) is 6.92 Å². The molecule has 19 heavy (non-hydrogen) atoms. The molecule has 0 aliphatic heterocycles. The Kier molecular flexibility index (Phi) is 4.76. The number of hydrogen-bond donors (Lipinski definition) is 0. The van der Waals surface area contributed by atoms with Crippen molar-refractivity contribution in [1.29, 1.82) is 0 Å². The molecule has 0 aliphatic carbocycles. The molecule has 0 amide bonds. The van der Waals surface area contributed by atoms with Gasteiger partial charge in [-0.25, -0.2) is 0 Å². The fourth-order valence-corrected chi connectivity index (χ4v) is 3.06. The minimum atomic E-state index is -3.36. The van der Waals surface area contributed by atoms with Gasteiger partial charge in [0.2, 0.25) is 0 Å². The van der Waals surface area contributed by atoms with Crippen molar-refractivity contribution in [3.63, 3.8) is 0 Å². The SMILES string of the molecule is Cc1ccc(C(C)(C)CN(C)S(=O)(=O)N(C)C)cc1. The molecule has 0 atom stereocenters. The minimum Gasteiger partial charge on any atom is -0.195 e. The van der Waals surface area contributed by atoms with Crippen LogP contribution in [0.3, 0.4) is 0 Å². The number of hydrogen-bond acceptors (Lipinski definition) is 2. The molecule has 108 valence electrons. The highest BCUT2D eigenvalue weighted by Gasteiger charge is 2.29. The molecule has 0 saturated carbocycles. The Morgan fingerprint density at radius 1 is 1.05 bits per heavy atom. The third kappa shape index (κ3) is 3.78. The molecule has 0 unspecified atom stereocenters. The maximum absolute atomic E-state index is 12.0. The Balaban J connectivity index is 2.94. The monoisotopic (exact) mass is 284 g/mol. The Bertz CT molecular complexity index is 519. The molecule has 1 aromatic rings. The lowest BCUT2D eigenvalue weighted by molar-refractivity contribution is 0.350. The van der Waals surface area contributed by atoms with Crippen molar-refractivity contribution in [2.24, 2.45) is 0 Å². The molecule has 0 heterocycles. The van der Waals surface area contributed by atoms with Crippen molar-refractivity contribution in [2.45, 2.75) is 26.2 Å². The van der Waals surface area contributed by atoms with Crippen LogP contribution in [0.25, 0.3) is 0 Å². The van der Waals surface area contributed by atoms with Crippen molar-refractivity contribution in [3.8, 4) is 0 Å². The van der Waals surface area contributed by atoms with E-state index in [0.717, 1.165) is 5.56 Å². The first-order valence-electron chi connectivity index (χ1n) is 6.28. The van der Waals surface area contributed by atoms with Gasteiger partial charge >= 0.3 is 0 Å². The predicted molar refractivity (Wildman–Crippen MR) is 79.4 cm³/mol. The predicted octanol–water partition coefficient (Wildman–Crippen LogP) is 2.01. The number of likely N-dealkylation sites (N-methyl/N-ethyl adjacent to an activating group) is 1. The van der Waals surface area contributed by atoms with Crippen molar-refractivity contribution in [2.75, 3.05) is 27.7 Å². The van der Waals surface area contributed by atoms with Gasteiger partial charge in [0.1, 0.15) is 0 Å². The highest BCUT2D eigenvalue weighted by atomic mass is 32.2. The standard InChI is InChI=1S/C14H24N2O2S/c1-12-7-9-13(10-8-12)14(2,3)11-16(6)19(17,18)15(4)5/h7-10H,11H2,1-6H3. The number of aryl methyl sites for hydroxylation is 1. The molecule has 0 fully saturated rings. The summed E-state index contributed by atoms with van der Waals surface area (Å²) >= 11 is 0. The van der Waals surface area contributed by atoms with E-state index in [1.807, 2.05) is 6.92 Å². The molecule has 0 radical (unpaired) electrons. The molecule has 1 rings (SSSR count). The summed E-state index contributed by atoms with van der Waals surface area (Å²) in [5, 5.41) is 0. The van der Waals surface area contributed by atoms with Gasteiger partial charge in [-0.15, -0.1) is 0 Å². The first-order chi connectivity index (χ1) is 8.57. The minimum absolute atomic E-state index is 0.231. The van der Waals surface area contributed by atoms with E-state index in [4.69, 9.17) is 0 Å². The van der Waals surface area contributed by atoms with Crippen LogP contribution in [0.2, 0.25) is 0 Å². The van der Waals surface area contributed by atoms with E-state index in [2.05, 4.69) is 38.1 Å². The first-order valence-corrected chi connectivity index (χ1v) is 7.68. The smallest absolute Gasteiger partial charge is 0.195 e. The van der Waals surface area contributed by atoms with Gasteiger partial charge < -0.3 is 0 Å². The molecular weight excluding hydrogens is 260 g/mol. The van der Waals surface area contributed by atoms with Crippen LogP contribution in [0.1, 0.15) is 25.0 Å². The highest BCUT2D eigenvalue weighted by Crippen LogP contribution is 2.25. The fourth-order valence-electron chi connectivity index (χ4n) is 2.01. The van der Waals surface area contributed by atoms with Crippen molar-refractivity contribution in [3.05, 3.63) is 35.4 Å². The summed E-state index contributed by atoms with van der Waals surface area (Å²) < 4.78 is 26.7. The van der Waals surface area contributed by atoms with Crippen molar-refractivity contribution in [1.82, 2.24) is 8.61 Å². The van der Waals surface area contributed by atoms with E-state index in [1.54, 1.807) is 21.1 Å². The van der Waals surface area contributed by atoms with Gasteiger partial charge in [0.25, 0.3) is 10.2 Å². The third-order valence-corrected chi connectivity index (χ3v) is 5.15. The summed E-state index contributed by atoms with van der Waals surface area (Å²) in [7, 11) is 1.35. The summed E-state index contributed by atoms with van der Waals surface area (Å²) in [6.07, 6.45) is 0. The van der Waals surface area contributed by atoms with Gasteiger partial charge in [0.05, 0.1) is 0 Å². The van der Waals surface area contributed by atoms with Crippen molar-refractivity contribution < 1.29 is 8.42 Å². The van der Waals surface area contributed by atoms with Crippen LogP contribution in [-0.2, 0) is 15.6 Å². The van der Waals surface area contributed by atoms with Crippen LogP contribution in [0.5, 0.6) is 0 Å².